The number of pyridine rings is 1. The van der Waals surface area contributed by atoms with E-state index in [9.17, 15) is 18.3 Å². The van der Waals surface area contributed by atoms with Crippen molar-refractivity contribution in [2.24, 2.45) is 0 Å². The molecule has 7 heteroatoms. The number of aliphatic carboxylic acids is 1. The smallest absolute Gasteiger partial charge is 0.305 e. The predicted molar refractivity (Wildman–Crippen MR) is 101 cm³/mol. The van der Waals surface area contributed by atoms with Gasteiger partial charge in [0.2, 0.25) is 0 Å². The highest BCUT2D eigenvalue weighted by Crippen LogP contribution is 2.36. The number of para-hydroxylation sites is 1. The number of nitrogens with zero attached hydrogens (tertiary/aromatic N) is 2. The van der Waals surface area contributed by atoms with Crippen LogP contribution in [0.3, 0.4) is 0 Å². The van der Waals surface area contributed by atoms with Crippen LogP contribution in [0.25, 0.3) is 0 Å². The van der Waals surface area contributed by atoms with Gasteiger partial charge >= 0.3 is 5.97 Å². The summed E-state index contributed by atoms with van der Waals surface area (Å²) in [5.41, 5.74) is -0.683. The van der Waals surface area contributed by atoms with Crippen molar-refractivity contribution in [1.82, 2.24) is 4.98 Å². The third-order valence-electron chi connectivity index (χ3n) is 4.22. The van der Waals surface area contributed by atoms with Crippen LogP contribution in [0.1, 0.15) is 39.5 Å². The number of rotatable bonds is 9. The third kappa shape index (κ3) is 4.40. The van der Waals surface area contributed by atoms with E-state index in [1.54, 1.807) is 49.4 Å². The van der Waals surface area contributed by atoms with Crippen LogP contribution < -0.4 is 4.31 Å². The highest BCUT2D eigenvalue weighted by atomic mass is 32.2. The van der Waals surface area contributed by atoms with Gasteiger partial charge in [0.1, 0.15) is 0 Å². The Morgan fingerprint density at radius 1 is 1.15 bits per heavy atom. The molecular formula is C19H24N2O4S. The number of hydrogen-bond donors (Lipinski definition) is 1. The average Bonchev–Trinajstić information content (AvgIpc) is 2.61. The molecule has 26 heavy (non-hydrogen) atoms. The van der Waals surface area contributed by atoms with Gasteiger partial charge in [-0.1, -0.05) is 44.0 Å². The molecule has 0 saturated carbocycles. The number of sulfonamides is 1. The summed E-state index contributed by atoms with van der Waals surface area (Å²) in [6.07, 6.45) is 3.09. The van der Waals surface area contributed by atoms with Gasteiger partial charge in [-0.25, -0.2) is 4.98 Å². The lowest BCUT2D eigenvalue weighted by atomic mass is 9.90. The second-order valence-corrected chi connectivity index (χ2v) is 8.18. The summed E-state index contributed by atoms with van der Waals surface area (Å²) in [4.78, 5) is 15.5. The molecule has 0 aliphatic rings. The number of hydrogen-bond acceptors (Lipinski definition) is 4. The van der Waals surface area contributed by atoms with Crippen molar-refractivity contribution in [3.8, 4) is 0 Å². The maximum atomic E-state index is 13.4. The van der Waals surface area contributed by atoms with E-state index < -0.39 is 21.5 Å². The zero-order chi connectivity index (χ0) is 19.2. The summed E-state index contributed by atoms with van der Waals surface area (Å²) >= 11 is 0. The quantitative estimate of drug-likeness (QED) is 0.721. The number of carboxylic acid groups (broad SMARTS) is 1. The van der Waals surface area contributed by atoms with Crippen LogP contribution in [0.15, 0.2) is 59.8 Å². The standard InChI is InChI=1S/C19H24N2O4S/c1-3-4-13-19(2,15-18(22)23)21(16-10-6-5-7-11-16)26(24,25)17-12-8-9-14-20-17/h5-12,14H,3-4,13,15H2,1-2H3,(H,22,23). The summed E-state index contributed by atoms with van der Waals surface area (Å²) < 4.78 is 28.0. The van der Waals surface area contributed by atoms with Gasteiger partial charge in [0, 0.05) is 6.20 Å². The maximum absolute atomic E-state index is 13.4. The van der Waals surface area contributed by atoms with E-state index in [1.807, 2.05) is 6.92 Å². The highest BCUT2D eigenvalue weighted by molar-refractivity contribution is 7.92. The van der Waals surface area contributed by atoms with E-state index in [4.69, 9.17) is 0 Å². The number of carbonyl (C=O) groups is 1. The molecule has 0 saturated heterocycles. The lowest BCUT2D eigenvalue weighted by Crippen LogP contribution is -2.51. The van der Waals surface area contributed by atoms with Crippen LogP contribution in [-0.2, 0) is 14.8 Å². The average molecular weight is 376 g/mol. The maximum Gasteiger partial charge on any atom is 0.305 e. The van der Waals surface area contributed by atoms with E-state index in [1.165, 1.54) is 16.6 Å². The molecule has 0 spiro atoms. The second kappa shape index (κ2) is 8.31. The minimum atomic E-state index is -4.03. The van der Waals surface area contributed by atoms with E-state index in [-0.39, 0.29) is 11.4 Å². The Labute approximate surface area is 154 Å². The Balaban J connectivity index is 2.65. The van der Waals surface area contributed by atoms with Crippen LogP contribution in [0.2, 0.25) is 0 Å². The molecule has 1 aromatic carbocycles. The lowest BCUT2D eigenvalue weighted by Gasteiger charge is -2.41. The van der Waals surface area contributed by atoms with Crippen molar-refractivity contribution in [2.45, 2.75) is 50.1 Å². The highest BCUT2D eigenvalue weighted by Gasteiger charge is 2.42. The van der Waals surface area contributed by atoms with Crippen LogP contribution in [0.4, 0.5) is 5.69 Å². The van der Waals surface area contributed by atoms with Crippen molar-refractivity contribution in [3.05, 3.63) is 54.7 Å². The number of carboxylic acids is 1. The molecule has 0 radical (unpaired) electrons. The Morgan fingerprint density at radius 3 is 2.35 bits per heavy atom. The van der Waals surface area contributed by atoms with E-state index in [0.29, 0.717) is 18.5 Å². The minimum Gasteiger partial charge on any atom is -0.481 e. The van der Waals surface area contributed by atoms with Crippen LogP contribution in [0.5, 0.6) is 0 Å². The van der Waals surface area contributed by atoms with Crippen molar-refractivity contribution < 1.29 is 18.3 Å². The first-order chi connectivity index (χ1) is 12.3. The Morgan fingerprint density at radius 2 is 1.81 bits per heavy atom. The molecule has 0 aliphatic carbocycles. The molecular weight excluding hydrogens is 352 g/mol. The number of unbranched alkanes of at least 4 members (excludes halogenated alkanes) is 1. The zero-order valence-electron chi connectivity index (χ0n) is 15.0. The van der Waals surface area contributed by atoms with Gasteiger partial charge in [0.15, 0.2) is 5.03 Å². The zero-order valence-corrected chi connectivity index (χ0v) is 15.8. The fourth-order valence-electron chi connectivity index (χ4n) is 3.04. The van der Waals surface area contributed by atoms with E-state index >= 15 is 0 Å². The van der Waals surface area contributed by atoms with Crippen molar-refractivity contribution in [1.29, 1.82) is 0 Å². The van der Waals surface area contributed by atoms with Gasteiger partial charge in [-0.05, 0) is 37.6 Å². The van der Waals surface area contributed by atoms with Crippen LogP contribution >= 0.6 is 0 Å². The number of aromatic nitrogens is 1. The molecule has 0 bridgehead atoms. The summed E-state index contributed by atoms with van der Waals surface area (Å²) in [6, 6.07) is 13.3. The molecule has 1 aromatic heterocycles. The van der Waals surface area contributed by atoms with Gasteiger partial charge in [0.05, 0.1) is 17.6 Å². The predicted octanol–water partition coefficient (Wildman–Crippen LogP) is 3.70. The Hall–Kier alpha value is -2.41. The normalized spacial score (nSPS) is 13.8. The van der Waals surface area contributed by atoms with Crippen molar-refractivity contribution >= 4 is 21.7 Å². The Bertz CT molecular complexity index is 825. The van der Waals surface area contributed by atoms with Gasteiger partial charge in [-0.15, -0.1) is 0 Å². The largest absolute Gasteiger partial charge is 0.481 e. The molecule has 140 valence electrons. The molecule has 1 unspecified atom stereocenters. The first-order valence-corrected chi connectivity index (χ1v) is 9.98. The topological polar surface area (TPSA) is 87.6 Å². The fraction of sp³-hybridized carbons (Fsp3) is 0.368. The van der Waals surface area contributed by atoms with Crippen LogP contribution in [-0.4, -0.2) is 30.0 Å². The molecule has 1 atom stereocenters. The fourth-order valence-corrected chi connectivity index (χ4v) is 4.81. The second-order valence-electron chi connectivity index (χ2n) is 6.44. The molecule has 0 aliphatic heterocycles. The molecule has 1 N–H and O–H groups in total. The number of anilines is 1. The van der Waals surface area contributed by atoms with Gasteiger partial charge in [-0.2, -0.15) is 8.42 Å². The van der Waals surface area contributed by atoms with Gasteiger partial charge in [0.25, 0.3) is 10.0 Å². The Kier molecular flexibility index (Phi) is 6.37. The van der Waals surface area contributed by atoms with E-state index in [2.05, 4.69) is 4.98 Å². The lowest BCUT2D eigenvalue weighted by molar-refractivity contribution is -0.138. The molecule has 6 nitrogen and oxygen atoms in total. The van der Waals surface area contributed by atoms with E-state index in [0.717, 1.165) is 6.42 Å². The molecule has 0 amide bonds. The molecule has 2 rings (SSSR count). The number of benzene rings is 1. The SMILES string of the molecule is CCCCC(C)(CC(=O)O)N(c1ccccc1)S(=O)(=O)c1ccccn1. The van der Waals surface area contributed by atoms with Gasteiger partial charge < -0.3 is 5.11 Å². The van der Waals surface area contributed by atoms with Gasteiger partial charge in [-0.3, -0.25) is 9.10 Å². The summed E-state index contributed by atoms with van der Waals surface area (Å²) in [7, 11) is -4.03. The van der Waals surface area contributed by atoms with Crippen molar-refractivity contribution in [3.63, 3.8) is 0 Å². The molecule has 0 fully saturated rings. The first-order valence-electron chi connectivity index (χ1n) is 8.54. The summed E-state index contributed by atoms with van der Waals surface area (Å²) in [6.45, 7) is 3.67. The minimum absolute atomic E-state index is 0.100. The summed E-state index contributed by atoms with van der Waals surface area (Å²) in [5, 5.41) is 9.34. The summed E-state index contributed by atoms with van der Waals surface area (Å²) in [5.74, 6) is -1.04. The third-order valence-corrected chi connectivity index (χ3v) is 6.13. The first kappa shape index (κ1) is 19.9. The van der Waals surface area contributed by atoms with Crippen molar-refractivity contribution in [2.75, 3.05) is 4.31 Å². The monoisotopic (exact) mass is 376 g/mol. The van der Waals surface area contributed by atoms with Crippen LogP contribution in [0, 0.1) is 0 Å². The molecule has 1 heterocycles. The molecule has 2 aromatic rings.